The van der Waals surface area contributed by atoms with Crippen LogP contribution in [0.5, 0.6) is 0 Å². The van der Waals surface area contributed by atoms with Gasteiger partial charge in [-0.15, -0.1) is 0 Å². The van der Waals surface area contributed by atoms with Gasteiger partial charge in [-0.2, -0.15) is 0 Å². The highest BCUT2D eigenvalue weighted by molar-refractivity contribution is 6.33. The van der Waals surface area contributed by atoms with Crippen molar-refractivity contribution in [3.05, 3.63) is 29.0 Å². The summed E-state index contributed by atoms with van der Waals surface area (Å²) in [6.45, 7) is 6.02. The van der Waals surface area contributed by atoms with E-state index < -0.39 is 5.82 Å². The maximum absolute atomic E-state index is 12.8. The molecule has 1 rings (SSSR count). The molecule has 0 unspecified atom stereocenters. The van der Waals surface area contributed by atoms with Crippen molar-refractivity contribution < 1.29 is 9.18 Å². The van der Waals surface area contributed by atoms with Crippen molar-refractivity contribution in [1.82, 2.24) is 5.32 Å². The zero-order chi connectivity index (χ0) is 13.8. The Morgan fingerprint density at radius 1 is 1.44 bits per heavy atom. The van der Waals surface area contributed by atoms with Crippen LogP contribution in [0.4, 0.5) is 10.1 Å². The van der Waals surface area contributed by atoms with Crippen LogP contribution in [0.15, 0.2) is 18.2 Å². The van der Waals surface area contributed by atoms with E-state index in [4.69, 9.17) is 11.6 Å². The van der Waals surface area contributed by atoms with Gasteiger partial charge in [0.1, 0.15) is 5.82 Å². The van der Waals surface area contributed by atoms with E-state index in [1.54, 1.807) is 0 Å². The maximum atomic E-state index is 12.8. The van der Waals surface area contributed by atoms with E-state index >= 15 is 0 Å². The summed E-state index contributed by atoms with van der Waals surface area (Å²) in [6.07, 6.45) is 0.843. The average molecular weight is 273 g/mol. The fourth-order valence-electron chi connectivity index (χ4n) is 1.32. The van der Waals surface area contributed by atoms with E-state index in [9.17, 15) is 9.18 Å². The van der Waals surface area contributed by atoms with Gasteiger partial charge in [0.05, 0.1) is 17.3 Å². The van der Waals surface area contributed by atoms with Crippen LogP contribution in [0, 0.1) is 5.82 Å². The summed E-state index contributed by atoms with van der Waals surface area (Å²) in [7, 11) is 0. The second-order valence-electron chi connectivity index (χ2n) is 4.76. The molecule has 0 saturated heterocycles. The first kappa shape index (κ1) is 14.8. The van der Waals surface area contributed by atoms with Gasteiger partial charge in [0.15, 0.2) is 0 Å². The lowest BCUT2D eigenvalue weighted by Gasteiger charge is -2.24. The van der Waals surface area contributed by atoms with Gasteiger partial charge < -0.3 is 10.6 Å². The molecular formula is C13H18ClFN2O. The lowest BCUT2D eigenvalue weighted by atomic mass is 10.0. The van der Waals surface area contributed by atoms with Crippen LogP contribution in [0.25, 0.3) is 0 Å². The molecule has 0 atom stereocenters. The second-order valence-corrected chi connectivity index (χ2v) is 5.17. The number of halogens is 2. The summed E-state index contributed by atoms with van der Waals surface area (Å²) in [5.41, 5.74) is 0.313. The maximum Gasteiger partial charge on any atom is 0.239 e. The Bertz CT molecular complexity index is 435. The molecule has 0 aromatic heterocycles. The van der Waals surface area contributed by atoms with Crippen molar-refractivity contribution in [1.29, 1.82) is 0 Å². The lowest BCUT2D eigenvalue weighted by Crippen LogP contribution is -2.45. The van der Waals surface area contributed by atoms with E-state index in [1.807, 2.05) is 20.8 Å². The molecule has 0 saturated carbocycles. The molecule has 1 amide bonds. The molecule has 0 radical (unpaired) electrons. The molecule has 1 aromatic carbocycles. The van der Waals surface area contributed by atoms with Gasteiger partial charge >= 0.3 is 0 Å². The summed E-state index contributed by atoms with van der Waals surface area (Å²) in [4.78, 5) is 11.7. The Balaban J connectivity index is 2.53. The summed E-state index contributed by atoms with van der Waals surface area (Å²) in [5, 5.41) is 6.03. The van der Waals surface area contributed by atoms with Crippen LogP contribution in [-0.4, -0.2) is 18.0 Å². The number of anilines is 1. The number of rotatable bonds is 5. The normalized spacial score (nSPS) is 11.2. The first-order valence-electron chi connectivity index (χ1n) is 5.84. The molecule has 1 aromatic rings. The first-order chi connectivity index (χ1) is 8.34. The molecule has 3 nitrogen and oxygen atoms in total. The van der Waals surface area contributed by atoms with Crippen LogP contribution >= 0.6 is 11.6 Å². The molecular weight excluding hydrogens is 255 g/mol. The largest absolute Gasteiger partial charge is 0.375 e. The number of amides is 1. The number of benzene rings is 1. The van der Waals surface area contributed by atoms with Crippen LogP contribution < -0.4 is 10.6 Å². The van der Waals surface area contributed by atoms with Gasteiger partial charge in [-0.05, 0) is 38.5 Å². The minimum Gasteiger partial charge on any atom is -0.375 e. The Kier molecular flexibility index (Phi) is 4.96. The molecule has 0 aliphatic rings. The number of nitrogens with one attached hydrogen (secondary N) is 2. The fraction of sp³-hybridized carbons (Fsp3) is 0.462. The van der Waals surface area contributed by atoms with E-state index in [1.165, 1.54) is 18.2 Å². The number of carbonyl (C=O) groups is 1. The van der Waals surface area contributed by atoms with Gasteiger partial charge in [-0.25, -0.2) is 4.39 Å². The Hall–Kier alpha value is -1.29. The topological polar surface area (TPSA) is 41.1 Å². The summed E-state index contributed by atoms with van der Waals surface area (Å²) in [5.74, 6) is -0.524. The third kappa shape index (κ3) is 4.53. The highest BCUT2D eigenvalue weighted by atomic mass is 35.5. The number of hydrogen-bond acceptors (Lipinski definition) is 2. The standard InChI is InChI=1S/C13H18ClFN2O/c1-4-13(2,3)17-12(18)8-16-11-6-5-9(15)7-10(11)14/h5-7,16H,4,8H2,1-3H3,(H,17,18). The van der Waals surface area contributed by atoms with Crippen LogP contribution in [0.1, 0.15) is 27.2 Å². The molecule has 2 N–H and O–H groups in total. The predicted octanol–water partition coefficient (Wildman–Crippen LogP) is 3.20. The Labute approximate surface area is 112 Å². The number of hydrogen-bond donors (Lipinski definition) is 2. The number of carbonyl (C=O) groups excluding carboxylic acids is 1. The molecule has 0 heterocycles. The Morgan fingerprint density at radius 2 is 2.11 bits per heavy atom. The highest BCUT2D eigenvalue weighted by Crippen LogP contribution is 2.22. The molecule has 5 heteroatoms. The van der Waals surface area contributed by atoms with Crippen molar-refractivity contribution in [3.63, 3.8) is 0 Å². The third-order valence-corrected chi connectivity index (χ3v) is 3.04. The van der Waals surface area contributed by atoms with Gasteiger partial charge in [-0.3, -0.25) is 4.79 Å². The van der Waals surface area contributed by atoms with E-state index in [2.05, 4.69) is 10.6 Å². The van der Waals surface area contributed by atoms with Gasteiger partial charge in [0.2, 0.25) is 5.91 Å². The molecule has 0 aliphatic carbocycles. The summed E-state index contributed by atoms with van der Waals surface area (Å²) in [6, 6.07) is 4.01. The first-order valence-corrected chi connectivity index (χ1v) is 6.22. The average Bonchev–Trinajstić information content (AvgIpc) is 2.27. The molecule has 0 spiro atoms. The predicted molar refractivity (Wildman–Crippen MR) is 72.4 cm³/mol. The fourth-order valence-corrected chi connectivity index (χ4v) is 1.55. The Morgan fingerprint density at radius 3 is 2.67 bits per heavy atom. The molecule has 0 fully saturated rings. The summed E-state index contributed by atoms with van der Waals surface area (Å²) < 4.78 is 12.8. The minimum absolute atomic E-state index is 0.106. The van der Waals surface area contributed by atoms with E-state index in [-0.39, 0.29) is 23.0 Å². The van der Waals surface area contributed by atoms with E-state index in [0.29, 0.717) is 5.69 Å². The van der Waals surface area contributed by atoms with Crippen LogP contribution in [-0.2, 0) is 4.79 Å². The van der Waals surface area contributed by atoms with Gasteiger partial charge in [0.25, 0.3) is 0 Å². The van der Waals surface area contributed by atoms with Gasteiger partial charge in [0, 0.05) is 5.54 Å². The van der Waals surface area contributed by atoms with Crippen molar-refractivity contribution in [2.45, 2.75) is 32.7 Å². The minimum atomic E-state index is -0.401. The molecule has 18 heavy (non-hydrogen) atoms. The van der Waals surface area contributed by atoms with Gasteiger partial charge in [-0.1, -0.05) is 18.5 Å². The second kappa shape index (κ2) is 6.05. The monoisotopic (exact) mass is 272 g/mol. The van der Waals surface area contributed by atoms with Crippen molar-refractivity contribution in [3.8, 4) is 0 Å². The van der Waals surface area contributed by atoms with E-state index in [0.717, 1.165) is 6.42 Å². The van der Waals surface area contributed by atoms with Crippen LogP contribution in [0.3, 0.4) is 0 Å². The summed E-state index contributed by atoms with van der Waals surface area (Å²) >= 11 is 5.84. The van der Waals surface area contributed by atoms with Crippen molar-refractivity contribution >= 4 is 23.2 Å². The van der Waals surface area contributed by atoms with Crippen molar-refractivity contribution in [2.75, 3.05) is 11.9 Å². The third-order valence-electron chi connectivity index (χ3n) is 2.73. The SMILES string of the molecule is CCC(C)(C)NC(=O)CNc1ccc(F)cc1Cl. The quantitative estimate of drug-likeness (QED) is 0.864. The van der Waals surface area contributed by atoms with Crippen LogP contribution in [0.2, 0.25) is 5.02 Å². The lowest BCUT2D eigenvalue weighted by molar-refractivity contribution is -0.121. The highest BCUT2D eigenvalue weighted by Gasteiger charge is 2.17. The van der Waals surface area contributed by atoms with Crippen molar-refractivity contribution in [2.24, 2.45) is 0 Å². The zero-order valence-corrected chi connectivity index (χ0v) is 11.6. The smallest absolute Gasteiger partial charge is 0.239 e. The molecule has 0 aliphatic heterocycles. The zero-order valence-electron chi connectivity index (χ0n) is 10.8. The molecule has 0 bridgehead atoms. The molecule has 100 valence electrons.